The van der Waals surface area contributed by atoms with Crippen LogP contribution in [0.25, 0.3) is 11.2 Å². The third kappa shape index (κ3) is 4.14. The Morgan fingerprint density at radius 3 is 2.81 bits per heavy atom. The molecule has 0 saturated heterocycles. The van der Waals surface area contributed by atoms with Crippen LogP contribution in [0.1, 0.15) is 32.6 Å². The van der Waals surface area contributed by atoms with Gasteiger partial charge in [0, 0.05) is 6.54 Å². The number of halogens is 2. The van der Waals surface area contributed by atoms with E-state index in [0.717, 1.165) is 31.2 Å². The van der Waals surface area contributed by atoms with E-state index in [4.69, 9.17) is 21.1 Å². The van der Waals surface area contributed by atoms with Gasteiger partial charge in [-0.15, -0.1) is 6.58 Å². The minimum absolute atomic E-state index is 0.0237. The molecule has 0 atom stereocenters. The first-order valence-electron chi connectivity index (χ1n) is 8.70. The van der Waals surface area contributed by atoms with Crippen LogP contribution in [0.5, 0.6) is 6.01 Å². The number of pyridine rings is 1. The molecule has 1 aliphatic rings. The molecule has 0 amide bonds. The van der Waals surface area contributed by atoms with Gasteiger partial charge in [-0.05, 0) is 61.3 Å². The van der Waals surface area contributed by atoms with Gasteiger partial charge in [0.25, 0.3) is 6.01 Å². The molecule has 140 valence electrons. The summed E-state index contributed by atoms with van der Waals surface area (Å²) in [6.45, 7) is 6.62. The summed E-state index contributed by atoms with van der Waals surface area (Å²) in [5.74, 6) is -0.123. The van der Waals surface area contributed by atoms with Gasteiger partial charge in [0.2, 0.25) is 0 Å². The first kappa shape index (κ1) is 19.4. The van der Waals surface area contributed by atoms with Gasteiger partial charge in [-0.3, -0.25) is 9.36 Å². The number of imidazole rings is 1. The Hall–Kier alpha value is -1.35. The van der Waals surface area contributed by atoms with Crippen molar-refractivity contribution in [1.29, 1.82) is 0 Å². The molecular formula is C18H21ClIN3O3. The summed E-state index contributed by atoms with van der Waals surface area (Å²) in [4.78, 5) is 20.8. The topological polar surface area (TPSA) is 66.2 Å². The lowest BCUT2D eigenvalue weighted by atomic mass is 9.87. The zero-order valence-corrected chi connectivity index (χ0v) is 17.5. The fraction of sp³-hybridized carbons (Fsp3) is 0.500. The molecule has 8 heteroatoms. The minimum atomic E-state index is -0.0988. The Bertz CT molecular complexity index is 816. The molecule has 2 heterocycles. The van der Waals surface area contributed by atoms with Crippen molar-refractivity contribution < 1.29 is 14.3 Å². The summed E-state index contributed by atoms with van der Waals surface area (Å²) in [6, 6.07) is 2.37. The highest BCUT2D eigenvalue weighted by molar-refractivity contribution is 14.1. The molecule has 26 heavy (non-hydrogen) atoms. The maximum Gasteiger partial charge on any atom is 0.308 e. The lowest BCUT2D eigenvalue weighted by molar-refractivity contribution is -0.149. The van der Waals surface area contributed by atoms with Crippen LogP contribution in [0.2, 0.25) is 5.02 Å². The molecule has 0 N–H and O–H groups in total. The van der Waals surface area contributed by atoms with Crippen LogP contribution in [-0.4, -0.2) is 33.2 Å². The Labute approximate surface area is 171 Å². The van der Waals surface area contributed by atoms with Crippen LogP contribution in [0, 0.1) is 9.62 Å². The monoisotopic (exact) mass is 489 g/mol. The summed E-state index contributed by atoms with van der Waals surface area (Å²) >= 11 is 8.30. The number of carbonyl (C=O) groups excluding carboxylic acids is 1. The number of hydrogen-bond donors (Lipinski definition) is 0. The third-order valence-corrected chi connectivity index (χ3v) is 5.92. The average Bonchev–Trinajstić information content (AvgIpc) is 2.93. The number of carbonyl (C=O) groups is 1. The lowest BCUT2D eigenvalue weighted by Gasteiger charge is -2.27. The Morgan fingerprint density at radius 2 is 2.15 bits per heavy atom. The molecule has 0 aliphatic heterocycles. The van der Waals surface area contributed by atoms with Crippen molar-refractivity contribution in [2.75, 3.05) is 6.61 Å². The predicted molar refractivity (Wildman–Crippen MR) is 108 cm³/mol. The average molecular weight is 490 g/mol. The smallest absolute Gasteiger partial charge is 0.308 e. The van der Waals surface area contributed by atoms with E-state index in [1.165, 1.54) is 0 Å². The van der Waals surface area contributed by atoms with Crippen LogP contribution in [0.3, 0.4) is 0 Å². The van der Waals surface area contributed by atoms with Gasteiger partial charge in [0.15, 0.2) is 5.65 Å². The van der Waals surface area contributed by atoms with Crippen molar-refractivity contribution in [3.8, 4) is 6.01 Å². The van der Waals surface area contributed by atoms with Gasteiger partial charge in [-0.25, -0.2) is 4.98 Å². The van der Waals surface area contributed by atoms with Crippen molar-refractivity contribution in [3.05, 3.63) is 27.4 Å². The van der Waals surface area contributed by atoms with E-state index in [9.17, 15) is 4.79 Å². The van der Waals surface area contributed by atoms with Crippen molar-refractivity contribution in [2.24, 2.45) is 5.92 Å². The maximum absolute atomic E-state index is 11.9. The molecule has 0 unspecified atom stereocenters. The molecular weight excluding hydrogens is 469 g/mol. The first-order chi connectivity index (χ1) is 12.5. The second-order valence-corrected chi connectivity index (χ2v) is 7.67. The SMILES string of the molecule is C=CCn1c(OC2CCC(C(=O)OCC)CC2)nc2nc(I)c(Cl)cc21. The van der Waals surface area contributed by atoms with Gasteiger partial charge in [0.1, 0.15) is 9.80 Å². The molecule has 2 aromatic rings. The summed E-state index contributed by atoms with van der Waals surface area (Å²) in [5, 5.41) is 0.588. The highest BCUT2D eigenvalue weighted by Crippen LogP contribution is 2.31. The highest BCUT2D eigenvalue weighted by Gasteiger charge is 2.29. The molecule has 0 aromatic carbocycles. The molecule has 2 aromatic heterocycles. The number of hydrogen-bond acceptors (Lipinski definition) is 5. The minimum Gasteiger partial charge on any atom is -0.466 e. The molecule has 1 saturated carbocycles. The van der Waals surface area contributed by atoms with Gasteiger partial charge in [-0.1, -0.05) is 17.7 Å². The summed E-state index contributed by atoms with van der Waals surface area (Å²) < 4.78 is 13.9. The number of fused-ring (bicyclic) bond motifs is 1. The Balaban J connectivity index is 1.76. The van der Waals surface area contributed by atoms with Crippen LogP contribution in [0.4, 0.5) is 0 Å². The molecule has 6 nitrogen and oxygen atoms in total. The zero-order chi connectivity index (χ0) is 18.7. The molecule has 1 aliphatic carbocycles. The largest absolute Gasteiger partial charge is 0.466 e. The van der Waals surface area contributed by atoms with Crippen LogP contribution in [-0.2, 0) is 16.1 Å². The number of allylic oxidation sites excluding steroid dienone is 1. The number of ether oxygens (including phenoxy) is 2. The Kier molecular flexibility index (Phi) is 6.39. The second kappa shape index (κ2) is 8.56. The first-order valence-corrected chi connectivity index (χ1v) is 10.2. The zero-order valence-electron chi connectivity index (χ0n) is 14.6. The van der Waals surface area contributed by atoms with Crippen molar-refractivity contribution in [3.63, 3.8) is 0 Å². The normalized spacial score (nSPS) is 20.1. The summed E-state index contributed by atoms with van der Waals surface area (Å²) in [5.41, 5.74) is 1.43. The lowest BCUT2D eigenvalue weighted by Crippen LogP contribution is -2.29. The van der Waals surface area contributed by atoms with Gasteiger partial charge in [-0.2, -0.15) is 4.98 Å². The van der Waals surface area contributed by atoms with E-state index in [1.54, 1.807) is 6.08 Å². The van der Waals surface area contributed by atoms with Crippen LogP contribution < -0.4 is 4.74 Å². The molecule has 3 rings (SSSR count). The molecule has 0 bridgehead atoms. The van der Waals surface area contributed by atoms with E-state index >= 15 is 0 Å². The van der Waals surface area contributed by atoms with Crippen molar-refractivity contribution in [1.82, 2.24) is 14.5 Å². The molecule has 1 fully saturated rings. The van der Waals surface area contributed by atoms with E-state index in [1.807, 2.05) is 17.6 Å². The van der Waals surface area contributed by atoms with E-state index in [0.29, 0.717) is 33.5 Å². The van der Waals surface area contributed by atoms with Gasteiger partial charge < -0.3 is 9.47 Å². The van der Waals surface area contributed by atoms with Gasteiger partial charge in [0.05, 0.1) is 23.1 Å². The van der Waals surface area contributed by atoms with Crippen molar-refractivity contribution in [2.45, 2.75) is 45.3 Å². The number of rotatable bonds is 6. The number of aromatic nitrogens is 3. The fourth-order valence-electron chi connectivity index (χ4n) is 3.20. The second-order valence-electron chi connectivity index (χ2n) is 6.24. The van der Waals surface area contributed by atoms with Crippen LogP contribution in [0.15, 0.2) is 18.7 Å². The van der Waals surface area contributed by atoms with E-state index in [-0.39, 0.29) is 18.0 Å². The maximum atomic E-state index is 11.9. The summed E-state index contributed by atoms with van der Waals surface area (Å²) in [7, 11) is 0. The highest BCUT2D eigenvalue weighted by atomic mass is 127. The fourth-order valence-corrected chi connectivity index (χ4v) is 3.73. The van der Waals surface area contributed by atoms with Gasteiger partial charge >= 0.3 is 5.97 Å². The Morgan fingerprint density at radius 1 is 1.42 bits per heavy atom. The standard InChI is InChI=1S/C18H21ClIN3O3/c1-3-9-23-14-10-13(19)15(20)21-16(14)22-18(23)26-12-7-5-11(6-8-12)17(24)25-4-2/h3,10-12H,1,4-9H2,2H3. The molecule has 0 spiro atoms. The number of esters is 1. The molecule has 0 radical (unpaired) electrons. The summed E-state index contributed by atoms with van der Waals surface area (Å²) in [6.07, 6.45) is 4.95. The van der Waals surface area contributed by atoms with Crippen LogP contribution >= 0.6 is 34.2 Å². The third-order valence-electron chi connectivity index (χ3n) is 4.49. The predicted octanol–water partition coefficient (Wildman–Crippen LogP) is 4.38. The van der Waals surface area contributed by atoms with E-state index in [2.05, 4.69) is 39.1 Å². The van der Waals surface area contributed by atoms with Crippen molar-refractivity contribution >= 4 is 51.3 Å². The number of nitrogens with zero attached hydrogens (tertiary/aromatic N) is 3. The quantitative estimate of drug-likeness (QED) is 0.261. The van der Waals surface area contributed by atoms with E-state index < -0.39 is 0 Å².